The summed E-state index contributed by atoms with van der Waals surface area (Å²) in [5, 5.41) is 11.3. The van der Waals surface area contributed by atoms with Crippen molar-refractivity contribution in [1.82, 2.24) is 0 Å². The van der Waals surface area contributed by atoms with Crippen LogP contribution in [0.15, 0.2) is 57.9 Å². The van der Waals surface area contributed by atoms with E-state index < -0.39 is 44.1 Å². The number of nitro groups is 1. The maximum atomic E-state index is 13.2. The van der Waals surface area contributed by atoms with Crippen molar-refractivity contribution < 1.29 is 22.9 Å². The molecule has 0 bridgehead atoms. The number of carbonyl (C=O) groups is 1. The number of ether oxygens (including phenoxy) is 1. The second kappa shape index (κ2) is 8.49. The molecule has 2 aromatic rings. The Balaban J connectivity index is 2.56. The maximum Gasteiger partial charge on any atom is 0.327 e. The Kier molecular flexibility index (Phi) is 6.55. The van der Waals surface area contributed by atoms with Gasteiger partial charge in [0.15, 0.2) is 4.90 Å². The minimum Gasteiger partial charge on any atom is -0.462 e. The number of esters is 1. The molecule has 0 atom stereocenters. The van der Waals surface area contributed by atoms with E-state index in [1.54, 1.807) is 26.0 Å². The molecular weight excluding hydrogens is 440 g/mol. The van der Waals surface area contributed by atoms with Gasteiger partial charge in [-0.15, -0.1) is 0 Å². The number of hydrogen-bond donors (Lipinski definition) is 0. The topological polar surface area (TPSA) is 107 Å². The SMILES string of the molecule is CC(C)OC(=O)CN(c1ccc(Br)cc1)S(=O)(=O)c1ccccc1[N+](=O)[O-]. The summed E-state index contributed by atoms with van der Waals surface area (Å²) in [6.07, 6.45) is -0.432. The molecule has 0 heterocycles. The molecule has 0 saturated carbocycles. The first-order valence-electron chi connectivity index (χ1n) is 7.84. The molecule has 0 amide bonds. The molecule has 144 valence electrons. The largest absolute Gasteiger partial charge is 0.462 e. The van der Waals surface area contributed by atoms with Crippen LogP contribution in [0, 0.1) is 10.1 Å². The van der Waals surface area contributed by atoms with Gasteiger partial charge in [0.1, 0.15) is 6.54 Å². The van der Waals surface area contributed by atoms with Crippen molar-refractivity contribution in [2.24, 2.45) is 0 Å². The lowest BCUT2D eigenvalue weighted by atomic mass is 10.3. The van der Waals surface area contributed by atoms with Gasteiger partial charge in [-0.1, -0.05) is 28.1 Å². The van der Waals surface area contributed by atoms with Gasteiger partial charge < -0.3 is 4.74 Å². The summed E-state index contributed by atoms with van der Waals surface area (Å²) in [7, 11) is -4.40. The smallest absolute Gasteiger partial charge is 0.327 e. The maximum absolute atomic E-state index is 13.2. The van der Waals surface area contributed by atoms with Crippen LogP contribution >= 0.6 is 15.9 Å². The van der Waals surface area contributed by atoms with Gasteiger partial charge in [-0.25, -0.2) is 8.42 Å². The van der Waals surface area contributed by atoms with Crippen molar-refractivity contribution in [3.05, 3.63) is 63.1 Å². The Morgan fingerprint density at radius 1 is 1.19 bits per heavy atom. The van der Waals surface area contributed by atoms with Gasteiger partial charge in [-0.2, -0.15) is 0 Å². The molecule has 0 N–H and O–H groups in total. The van der Waals surface area contributed by atoms with E-state index in [9.17, 15) is 23.3 Å². The first-order valence-corrected chi connectivity index (χ1v) is 10.1. The summed E-state index contributed by atoms with van der Waals surface area (Å²) in [6, 6.07) is 11.2. The van der Waals surface area contributed by atoms with Crippen LogP contribution in [0.2, 0.25) is 0 Å². The van der Waals surface area contributed by atoms with E-state index in [-0.39, 0.29) is 5.69 Å². The van der Waals surface area contributed by atoms with Crippen molar-refractivity contribution in [1.29, 1.82) is 0 Å². The number of para-hydroxylation sites is 1. The Labute approximate surface area is 165 Å². The molecule has 0 fully saturated rings. The van der Waals surface area contributed by atoms with E-state index in [2.05, 4.69) is 15.9 Å². The molecule has 0 aliphatic rings. The second-order valence-electron chi connectivity index (χ2n) is 5.75. The highest BCUT2D eigenvalue weighted by Gasteiger charge is 2.33. The summed E-state index contributed by atoms with van der Waals surface area (Å²) >= 11 is 3.26. The normalized spacial score (nSPS) is 11.3. The number of rotatable bonds is 7. The van der Waals surface area contributed by atoms with Crippen LogP contribution in [0.25, 0.3) is 0 Å². The third-order valence-electron chi connectivity index (χ3n) is 3.38. The summed E-state index contributed by atoms with van der Waals surface area (Å²) < 4.78 is 32.9. The standard InChI is InChI=1S/C17H17BrN2O6S/c1-12(2)26-17(21)11-19(14-9-7-13(18)8-10-14)27(24,25)16-6-4-3-5-15(16)20(22)23/h3-10,12H,11H2,1-2H3. The lowest BCUT2D eigenvalue weighted by molar-refractivity contribution is -0.387. The number of carbonyl (C=O) groups excluding carboxylic acids is 1. The highest BCUT2D eigenvalue weighted by molar-refractivity contribution is 9.10. The van der Waals surface area contributed by atoms with Gasteiger partial charge in [-0.05, 0) is 44.2 Å². The van der Waals surface area contributed by atoms with Crippen LogP contribution in [-0.4, -0.2) is 32.0 Å². The Morgan fingerprint density at radius 2 is 1.78 bits per heavy atom. The quantitative estimate of drug-likeness (QED) is 0.358. The number of nitrogens with zero attached hydrogens (tertiary/aromatic N) is 2. The second-order valence-corrected chi connectivity index (χ2v) is 8.50. The molecular formula is C17H17BrN2O6S. The predicted molar refractivity (Wildman–Crippen MR) is 103 cm³/mol. The Bertz CT molecular complexity index is 944. The van der Waals surface area contributed by atoms with Gasteiger partial charge in [0.05, 0.1) is 16.7 Å². The number of anilines is 1. The molecule has 0 aromatic heterocycles. The lowest BCUT2D eigenvalue weighted by Crippen LogP contribution is -2.37. The molecule has 10 heteroatoms. The number of sulfonamides is 1. The van der Waals surface area contributed by atoms with E-state index in [1.807, 2.05) is 0 Å². The van der Waals surface area contributed by atoms with Gasteiger partial charge in [0.2, 0.25) is 0 Å². The Hall–Kier alpha value is -2.46. The average Bonchev–Trinajstić information content (AvgIpc) is 2.60. The van der Waals surface area contributed by atoms with E-state index in [0.29, 0.717) is 4.47 Å². The molecule has 0 aliphatic heterocycles. The van der Waals surface area contributed by atoms with Crippen molar-refractivity contribution in [2.75, 3.05) is 10.8 Å². The fourth-order valence-corrected chi connectivity index (χ4v) is 4.12. The third kappa shape index (κ3) is 5.04. The van der Waals surface area contributed by atoms with E-state index in [1.165, 1.54) is 24.3 Å². The number of halogens is 1. The molecule has 8 nitrogen and oxygen atoms in total. The van der Waals surface area contributed by atoms with Gasteiger partial charge in [0, 0.05) is 10.5 Å². The summed E-state index contributed by atoms with van der Waals surface area (Å²) in [5.74, 6) is -0.768. The minimum absolute atomic E-state index is 0.178. The first kappa shape index (κ1) is 20.8. The van der Waals surface area contributed by atoms with Crippen LogP contribution in [-0.2, 0) is 19.6 Å². The summed E-state index contributed by atoms with van der Waals surface area (Å²) in [6.45, 7) is 2.66. The van der Waals surface area contributed by atoms with Crippen LogP contribution in [0.4, 0.5) is 11.4 Å². The average molecular weight is 457 g/mol. The highest BCUT2D eigenvalue weighted by Crippen LogP contribution is 2.30. The summed E-state index contributed by atoms with van der Waals surface area (Å²) in [5.41, 5.74) is -0.395. The van der Waals surface area contributed by atoms with Crippen LogP contribution in [0.1, 0.15) is 13.8 Å². The van der Waals surface area contributed by atoms with E-state index in [4.69, 9.17) is 4.74 Å². The Morgan fingerprint density at radius 3 is 2.33 bits per heavy atom. The zero-order valence-electron chi connectivity index (χ0n) is 14.5. The predicted octanol–water partition coefficient (Wildman–Crippen LogP) is 3.50. The molecule has 2 rings (SSSR count). The summed E-state index contributed by atoms with van der Waals surface area (Å²) in [4.78, 5) is 22.1. The van der Waals surface area contributed by atoms with Crippen molar-refractivity contribution in [3.8, 4) is 0 Å². The molecule has 0 spiro atoms. The number of hydrogen-bond acceptors (Lipinski definition) is 6. The van der Waals surface area contributed by atoms with Crippen molar-refractivity contribution in [3.63, 3.8) is 0 Å². The van der Waals surface area contributed by atoms with E-state index in [0.717, 1.165) is 16.4 Å². The molecule has 0 aliphatic carbocycles. The van der Waals surface area contributed by atoms with E-state index >= 15 is 0 Å². The van der Waals surface area contributed by atoms with Gasteiger partial charge in [0.25, 0.3) is 15.7 Å². The first-order chi connectivity index (χ1) is 12.6. The molecule has 27 heavy (non-hydrogen) atoms. The fourth-order valence-electron chi connectivity index (χ4n) is 2.28. The fraction of sp³-hybridized carbons (Fsp3) is 0.235. The highest BCUT2D eigenvalue weighted by atomic mass is 79.9. The zero-order valence-corrected chi connectivity index (χ0v) is 16.9. The molecule has 2 aromatic carbocycles. The number of benzene rings is 2. The van der Waals surface area contributed by atoms with Crippen LogP contribution in [0.3, 0.4) is 0 Å². The monoisotopic (exact) mass is 456 g/mol. The molecule has 0 radical (unpaired) electrons. The van der Waals surface area contributed by atoms with Crippen LogP contribution in [0.5, 0.6) is 0 Å². The van der Waals surface area contributed by atoms with Crippen molar-refractivity contribution >= 4 is 43.3 Å². The van der Waals surface area contributed by atoms with Gasteiger partial charge >= 0.3 is 5.97 Å². The molecule has 0 saturated heterocycles. The lowest BCUT2D eigenvalue weighted by Gasteiger charge is -2.24. The zero-order chi connectivity index (χ0) is 20.2. The van der Waals surface area contributed by atoms with Crippen molar-refractivity contribution in [2.45, 2.75) is 24.8 Å². The van der Waals surface area contributed by atoms with Crippen LogP contribution < -0.4 is 4.31 Å². The molecule has 0 unspecified atom stereocenters. The third-order valence-corrected chi connectivity index (χ3v) is 5.73. The number of nitro benzene ring substituents is 1. The minimum atomic E-state index is -4.40. The van der Waals surface area contributed by atoms with Gasteiger partial charge in [-0.3, -0.25) is 19.2 Å².